The predicted molar refractivity (Wildman–Crippen MR) is 82.4 cm³/mol. The van der Waals surface area contributed by atoms with Crippen molar-refractivity contribution < 1.29 is 14.6 Å². The Morgan fingerprint density at radius 2 is 1.10 bits per heavy atom. The second-order valence-electron chi connectivity index (χ2n) is 5.16. The molecule has 1 aromatic heterocycles. The molecule has 0 aliphatic heterocycles. The number of aromatic hydroxyl groups is 2. The van der Waals surface area contributed by atoms with Crippen LogP contribution in [0, 0.1) is 13.8 Å². The molecule has 0 aliphatic carbocycles. The van der Waals surface area contributed by atoms with Crippen LogP contribution in [0.1, 0.15) is 11.1 Å². The lowest BCUT2D eigenvalue weighted by atomic mass is 10.1. The summed E-state index contributed by atoms with van der Waals surface area (Å²) in [6.45, 7) is 3.87. The molecule has 21 heavy (non-hydrogen) atoms. The van der Waals surface area contributed by atoms with Gasteiger partial charge in [-0.25, -0.2) is 0 Å². The maximum absolute atomic E-state index is 9.48. The maximum atomic E-state index is 9.48. The molecule has 3 nitrogen and oxygen atoms in total. The van der Waals surface area contributed by atoms with E-state index in [1.165, 1.54) is 0 Å². The normalized spacial score (nSPS) is 10.8. The highest BCUT2D eigenvalue weighted by molar-refractivity contribution is 5.69. The lowest BCUT2D eigenvalue weighted by molar-refractivity contribution is 0.474. The Balaban J connectivity index is 2.03. The van der Waals surface area contributed by atoms with Crippen molar-refractivity contribution in [2.75, 3.05) is 0 Å². The number of hydrogen-bond acceptors (Lipinski definition) is 3. The summed E-state index contributed by atoms with van der Waals surface area (Å²) in [4.78, 5) is 0. The Morgan fingerprint density at radius 1 is 0.667 bits per heavy atom. The molecule has 1 heterocycles. The van der Waals surface area contributed by atoms with Crippen molar-refractivity contribution in [2.24, 2.45) is 0 Å². The molecule has 0 saturated heterocycles. The minimum Gasteiger partial charge on any atom is -0.508 e. The van der Waals surface area contributed by atoms with E-state index in [0.717, 1.165) is 33.8 Å². The van der Waals surface area contributed by atoms with Gasteiger partial charge in [0.05, 0.1) is 0 Å². The monoisotopic (exact) mass is 280 g/mol. The van der Waals surface area contributed by atoms with Crippen LogP contribution in [0.15, 0.2) is 52.9 Å². The summed E-state index contributed by atoms with van der Waals surface area (Å²) in [5, 5.41) is 19.0. The van der Waals surface area contributed by atoms with Crippen molar-refractivity contribution in [3.8, 4) is 34.1 Å². The van der Waals surface area contributed by atoms with Gasteiger partial charge in [-0.15, -0.1) is 0 Å². The molecule has 3 aromatic rings. The number of phenols is 2. The van der Waals surface area contributed by atoms with Crippen molar-refractivity contribution in [1.29, 1.82) is 0 Å². The lowest BCUT2D eigenvalue weighted by Crippen LogP contribution is -1.81. The molecule has 2 aromatic carbocycles. The third kappa shape index (κ3) is 2.50. The van der Waals surface area contributed by atoms with E-state index in [1.807, 2.05) is 38.1 Å². The molecule has 0 amide bonds. The average molecular weight is 280 g/mol. The minimum atomic E-state index is 0.248. The van der Waals surface area contributed by atoms with E-state index < -0.39 is 0 Å². The number of phenolic OH excluding ortho intramolecular Hbond substituents is 2. The quantitative estimate of drug-likeness (QED) is 0.719. The molecular formula is C18H16O3. The highest BCUT2D eigenvalue weighted by atomic mass is 16.3. The Hall–Kier alpha value is -2.68. The van der Waals surface area contributed by atoms with Gasteiger partial charge in [0.1, 0.15) is 23.0 Å². The second kappa shape index (κ2) is 5.02. The van der Waals surface area contributed by atoms with Gasteiger partial charge in [0.15, 0.2) is 0 Å². The van der Waals surface area contributed by atoms with Gasteiger partial charge in [-0.3, -0.25) is 0 Å². The molecule has 0 fully saturated rings. The smallest absolute Gasteiger partial charge is 0.135 e. The summed E-state index contributed by atoms with van der Waals surface area (Å²) in [5.74, 6) is 2.01. The third-order valence-corrected chi connectivity index (χ3v) is 3.56. The summed E-state index contributed by atoms with van der Waals surface area (Å²) in [6, 6.07) is 14.2. The summed E-state index contributed by atoms with van der Waals surface area (Å²) in [5.41, 5.74) is 3.82. The van der Waals surface area contributed by atoms with Crippen LogP contribution in [0.2, 0.25) is 0 Å². The second-order valence-corrected chi connectivity index (χ2v) is 5.16. The van der Waals surface area contributed by atoms with E-state index >= 15 is 0 Å². The zero-order chi connectivity index (χ0) is 15.0. The molecule has 3 heteroatoms. The van der Waals surface area contributed by atoms with Crippen molar-refractivity contribution in [3.05, 3.63) is 59.7 Å². The summed E-state index contributed by atoms with van der Waals surface area (Å²) >= 11 is 0. The molecule has 0 spiro atoms. The molecule has 0 aliphatic rings. The standard InChI is InChI=1S/C18H16O3/c1-11-9-13(19)3-5-15(11)17-7-8-18(21-17)16-6-4-14(20)10-12(16)2/h3-10,19-20H,1-2H3. The Morgan fingerprint density at radius 3 is 1.48 bits per heavy atom. The first-order chi connectivity index (χ1) is 10.0. The largest absolute Gasteiger partial charge is 0.508 e. The van der Waals surface area contributed by atoms with E-state index in [0.29, 0.717) is 0 Å². The van der Waals surface area contributed by atoms with Crippen molar-refractivity contribution in [2.45, 2.75) is 13.8 Å². The zero-order valence-corrected chi connectivity index (χ0v) is 11.9. The molecule has 106 valence electrons. The Labute approximate surface area is 123 Å². The molecule has 2 N–H and O–H groups in total. The van der Waals surface area contributed by atoms with Crippen molar-refractivity contribution in [3.63, 3.8) is 0 Å². The summed E-state index contributed by atoms with van der Waals surface area (Å²) in [7, 11) is 0. The van der Waals surface area contributed by atoms with Crippen LogP contribution in [0.3, 0.4) is 0 Å². The number of hydrogen-bond donors (Lipinski definition) is 2. The number of rotatable bonds is 2. The molecule has 0 bridgehead atoms. The van der Waals surface area contributed by atoms with E-state index in [-0.39, 0.29) is 11.5 Å². The van der Waals surface area contributed by atoms with E-state index in [2.05, 4.69) is 0 Å². The molecular weight excluding hydrogens is 264 g/mol. The Kier molecular flexibility index (Phi) is 3.18. The van der Waals surface area contributed by atoms with Crippen LogP contribution in [-0.2, 0) is 0 Å². The van der Waals surface area contributed by atoms with Gasteiger partial charge in [0.25, 0.3) is 0 Å². The van der Waals surface area contributed by atoms with Crippen LogP contribution in [-0.4, -0.2) is 10.2 Å². The van der Waals surface area contributed by atoms with Gasteiger partial charge in [-0.2, -0.15) is 0 Å². The van der Waals surface area contributed by atoms with Crippen molar-refractivity contribution in [1.82, 2.24) is 0 Å². The molecule has 0 atom stereocenters. The average Bonchev–Trinajstić information content (AvgIpc) is 2.87. The van der Waals surface area contributed by atoms with Gasteiger partial charge in [0, 0.05) is 11.1 Å². The van der Waals surface area contributed by atoms with Gasteiger partial charge < -0.3 is 14.6 Å². The summed E-state index contributed by atoms with van der Waals surface area (Å²) < 4.78 is 5.93. The maximum Gasteiger partial charge on any atom is 0.135 e. The molecule has 0 saturated carbocycles. The van der Waals surface area contributed by atoms with Gasteiger partial charge in [-0.1, -0.05) is 0 Å². The topological polar surface area (TPSA) is 53.6 Å². The first-order valence-corrected chi connectivity index (χ1v) is 6.74. The van der Waals surface area contributed by atoms with E-state index in [9.17, 15) is 10.2 Å². The first kappa shape index (κ1) is 13.3. The van der Waals surface area contributed by atoms with Crippen LogP contribution in [0.25, 0.3) is 22.6 Å². The zero-order valence-electron chi connectivity index (χ0n) is 11.9. The SMILES string of the molecule is Cc1cc(O)ccc1-c1ccc(-c2ccc(O)cc2C)o1. The Bertz CT molecular complexity index is 734. The molecule has 0 unspecified atom stereocenters. The molecule has 0 radical (unpaired) electrons. The van der Waals surface area contributed by atoms with Crippen LogP contribution < -0.4 is 0 Å². The van der Waals surface area contributed by atoms with Gasteiger partial charge in [0.2, 0.25) is 0 Å². The predicted octanol–water partition coefficient (Wildman–Crippen LogP) is 4.64. The highest BCUT2D eigenvalue weighted by Crippen LogP contribution is 2.33. The van der Waals surface area contributed by atoms with Gasteiger partial charge in [-0.05, 0) is 73.5 Å². The third-order valence-electron chi connectivity index (χ3n) is 3.56. The molecule has 3 rings (SSSR count). The van der Waals surface area contributed by atoms with E-state index in [4.69, 9.17) is 4.42 Å². The fraction of sp³-hybridized carbons (Fsp3) is 0.111. The minimum absolute atomic E-state index is 0.248. The van der Waals surface area contributed by atoms with E-state index in [1.54, 1.807) is 24.3 Å². The van der Waals surface area contributed by atoms with Gasteiger partial charge >= 0.3 is 0 Å². The first-order valence-electron chi connectivity index (χ1n) is 6.74. The highest BCUT2D eigenvalue weighted by Gasteiger charge is 2.11. The van der Waals surface area contributed by atoms with Crippen LogP contribution in [0.4, 0.5) is 0 Å². The van der Waals surface area contributed by atoms with Crippen LogP contribution >= 0.6 is 0 Å². The number of aryl methyl sites for hydroxylation is 2. The van der Waals surface area contributed by atoms with Crippen LogP contribution in [0.5, 0.6) is 11.5 Å². The summed E-state index contributed by atoms with van der Waals surface area (Å²) in [6.07, 6.45) is 0. The number of furan rings is 1. The fourth-order valence-corrected chi connectivity index (χ4v) is 2.48. The fourth-order valence-electron chi connectivity index (χ4n) is 2.48. The number of benzene rings is 2. The lowest BCUT2D eigenvalue weighted by Gasteiger charge is -2.05. The van der Waals surface area contributed by atoms with Crippen molar-refractivity contribution >= 4 is 0 Å².